The number of carbonyl (C=O) groups is 1. The normalized spacial score (nSPS) is 10.6. The van der Waals surface area contributed by atoms with E-state index in [0.29, 0.717) is 13.1 Å². The number of amides is 1. The van der Waals surface area contributed by atoms with Gasteiger partial charge in [0.25, 0.3) is 0 Å². The molecule has 1 heterocycles. The zero-order valence-corrected chi connectivity index (χ0v) is 13.9. The lowest BCUT2D eigenvalue weighted by Crippen LogP contribution is -2.33. The summed E-state index contributed by atoms with van der Waals surface area (Å²) in [7, 11) is 0. The fraction of sp³-hybridized carbons (Fsp3) is 0.190. The SMILES string of the molecule is O=C(Cc1ccc(F)cc1)N(CCc1ccccc1)Cc1ccco1. The van der Waals surface area contributed by atoms with Crippen molar-refractivity contribution in [3.05, 3.63) is 95.7 Å². The zero-order valence-electron chi connectivity index (χ0n) is 13.9. The highest BCUT2D eigenvalue weighted by molar-refractivity contribution is 5.78. The van der Waals surface area contributed by atoms with Crippen molar-refractivity contribution < 1.29 is 13.6 Å². The van der Waals surface area contributed by atoms with E-state index >= 15 is 0 Å². The van der Waals surface area contributed by atoms with Crippen LogP contribution in [0.5, 0.6) is 0 Å². The maximum Gasteiger partial charge on any atom is 0.227 e. The molecule has 0 fully saturated rings. The molecule has 1 amide bonds. The van der Waals surface area contributed by atoms with Gasteiger partial charge in [-0.05, 0) is 41.8 Å². The first kappa shape index (κ1) is 17.0. The van der Waals surface area contributed by atoms with Gasteiger partial charge in [-0.3, -0.25) is 4.79 Å². The van der Waals surface area contributed by atoms with Crippen molar-refractivity contribution in [1.82, 2.24) is 4.90 Å². The maximum atomic E-state index is 13.0. The highest BCUT2D eigenvalue weighted by Gasteiger charge is 2.16. The second kappa shape index (κ2) is 8.29. The van der Waals surface area contributed by atoms with E-state index in [1.54, 1.807) is 23.3 Å². The molecule has 128 valence electrons. The van der Waals surface area contributed by atoms with Gasteiger partial charge in [-0.15, -0.1) is 0 Å². The van der Waals surface area contributed by atoms with Crippen molar-refractivity contribution in [2.75, 3.05) is 6.54 Å². The first-order valence-corrected chi connectivity index (χ1v) is 8.29. The third-order valence-electron chi connectivity index (χ3n) is 4.06. The van der Waals surface area contributed by atoms with E-state index in [-0.39, 0.29) is 18.1 Å². The third-order valence-corrected chi connectivity index (χ3v) is 4.06. The fourth-order valence-corrected chi connectivity index (χ4v) is 2.68. The number of halogens is 1. The Hall–Kier alpha value is -2.88. The van der Waals surface area contributed by atoms with Crippen molar-refractivity contribution in [2.45, 2.75) is 19.4 Å². The molecule has 0 aliphatic heterocycles. The van der Waals surface area contributed by atoms with Crippen LogP contribution in [0.2, 0.25) is 0 Å². The smallest absolute Gasteiger partial charge is 0.227 e. The van der Waals surface area contributed by atoms with Crippen LogP contribution in [-0.2, 0) is 24.2 Å². The van der Waals surface area contributed by atoms with Gasteiger partial charge in [0, 0.05) is 6.54 Å². The molecule has 25 heavy (non-hydrogen) atoms. The molecule has 1 aromatic heterocycles. The van der Waals surface area contributed by atoms with Crippen molar-refractivity contribution in [2.24, 2.45) is 0 Å². The minimum atomic E-state index is -0.298. The van der Waals surface area contributed by atoms with Gasteiger partial charge in [0.05, 0.1) is 19.2 Å². The van der Waals surface area contributed by atoms with E-state index in [4.69, 9.17) is 4.42 Å². The molecule has 0 saturated heterocycles. The number of furan rings is 1. The maximum absolute atomic E-state index is 13.0. The van der Waals surface area contributed by atoms with Gasteiger partial charge in [0.15, 0.2) is 0 Å². The molecule has 0 saturated carbocycles. The first-order chi connectivity index (χ1) is 12.2. The molecular formula is C21H20FNO2. The molecule has 0 unspecified atom stereocenters. The van der Waals surface area contributed by atoms with E-state index in [2.05, 4.69) is 12.1 Å². The monoisotopic (exact) mass is 337 g/mol. The second-order valence-electron chi connectivity index (χ2n) is 5.93. The average Bonchev–Trinajstić information content (AvgIpc) is 3.14. The summed E-state index contributed by atoms with van der Waals surface area (Å²) in [5, 5.41) is 0. The predicted octanol–water partition coefficient (Wildman–Crippen LogP) is 4.23. The highest BCUT2D eigenvalue weighted by atomic mass is 19.1. The third kappa shape index (κ3) is 5.05. The lowest BCUT2D eigenvalue weighted by molar-refractivity contribution is -0.131. The van der Waals surface area contributed by atoms with E-state index in [1.165, 1.54) is 17.7 Å². The van der Waals surface area contributed by atoms with Crippen molar-refractivity contribution in [3.63, 3.8) is 0 Å². The molecule has 0 N–H and O–H groups in total. The van der Waals surface area contributed by atoms with Crippen molar-refractivity contribution >= 4 is 5.91 Å². The van der Waals surface area contributed by atoms with Crippen LogP contribution in [0.3, 0.4) is 0 Å². The average molecular weight is 337 g/mol. The summed E-state index contributed by atoms with van der Waals surface area (Å²) < 4.78 is 18.4. The number of benzene rings is 2. The Balaban J connectivity index is 1.68. The summed E-state index contributed by atoms with van der Waals surface area (Å²) in [6.07, 6.45) is 2.63. The van der Waals surface area contributed by atoms with Gasteiger partial charge in [-0.1, -0.05) is 42.5 Å². The summed E-state index contributed by atoms with van der Waals surface area (Å²) >= 11 is 0. The summed E-state index contributed by atoms with van der Waals surface area (Å²) in [4.78, 5) is 14.5. The van der Waals surface area contributed by atoms with Gasteiger partial charge in [0.1, 0.15) is 11.6 Å². The molecule has 3 rings (SSSR count). The van der Waals surface area contributed by atoms with Gasteiger partial charge in [-0.2, -0.15) is 0 Å². The Morgan fingerprint density at radius 1 is 0.920 bits per heavy atom. The molecule has 0 bridgehead atoms. The van der Waals surface area contributed by atoms with Crippen molar-refractivity contribution in [1.29, 1.82) is 0 Å². The van der Waals surface area contributed by atoms with Crippen LogP contribution in [-0.4, -0.2) is 17.4 Å². The Labute approximate surface area is 146 Å². The number of carbonyl (C=O) groups excluding carboxylic acids is 1. The van der Waals surface area contributed by atoms with Crippen LogP contribution in [0.1, 0.15) is 16.9 Å². The summed E-state index contributed by atoms with van der Waals surface area (Å²) in [6.45, 7) is 1.03. The van der Waals surface area contributed by atoms with Gasteiger partial charge in [-0.25, -0.2) is 4.39 Å². The Bertz CT molecular complexity index is 783. The predicted molar refractivity (Wildman–Crippen MR) is 94.4 cm³/mol. The summed E-state index contributed by atoms with van der Waals surface area (Å²) in [6, 6.07) is 19.8. The van der Waals surface area contributed by atoms with Crippen LogP contribution in [0, 0.1) is 5.82 Å². The van der Waals surface area contributed by atoms with E-state index in [0.717, 1.165) is 17.7 Å². The molecule has 0 atom stereocenters. The molecule has 0 spiro atoms. The topological polar surface area (TPSA) is 33.5 Å². The number of nitrogens with zero attached hydrogens (tertiary/aromatic N) is 1. The lowest BCUT2D eigenvalue weighted by Gasteiger charge is -2.22. The van der Waals surface area contributed by atoms with Crippen LogP contribution >= 0.6 is 0 Å². The molecule has 0 radical (unpaired) electrons. The first-order valence-electron chi connectivity index (χ1n) is 8.29. The van der Waals surface area contributed by atoms with E-state index in [1.807, 2.05) is 30.3 Å². The van der Waals surface area contributed by atoms with Crippen LogP contribution < -0.4 is 0 Å². The Kier molecular flexibility index (Phi) is 5.62. The van der Waals surface area contributed by atoms with Crippen LogP contribution in [0.4, 0.5) is 4.39 Å². The summed E-state index contributed by atoms with van der Waals surface area (Å²) in [5.41, 5.74) is 1.98. The van der Waals surface area contributed by atoms with Gasteiger partial charge in [0.2, 0.25) is 5.91 Å². The Morgan fingerprint density at radius 2 is 1.68 bits per heavy atom. The molecule has 4 heteroatoms. The summed E-state index contributed by atoms with van der Waals surface area (Å²) in [5.74, 6) is 0.451. The van der Waals surface area contributed by atoms with Crippen molar-refractivity contribution in [3.8, 4) is 0 Å². The van der Waals surface area contributed by atoms with Gasteiger partial charge >= 0.3 is 0 Å². The van der Waals surface area contributed by atoms with E-state index in [9.17, 15) is 9.18 Å². The molecule has 2 aromatic carbocycles. The second-order valence-corrected chi connectivity index (χ2v) is 5.93. The number of rotatable bonds is 7. The molecule has 0 aliphatic rings. The van der Waals surface area contributed by atoms with Crippen LogP contribution in [0.25, 0.3) is 0 Å². The standard InChI is InChI=1S/C21H20FNO2/c22-19-10-8-18(9-11-19)15-21(24)23(16-20-7-4-14-25-20)13-12-17-5-2-1-3-6-17/h1-11,14H,12-13,15-16H2. The van der Waals surface area contributed by atoms with Crippen LogP contribution in [0.15, 0.2) is 77.4 Å². The minimum absolute atomic E-state index is 0.000982. The molecular weight excluding hydrogens is 317 g/mol. The largest absolute Gasteiger partial charge is 0.467 e. The van der Waals surface area contributed by atoms with Gasteiger partial charge < -0.3 is 9.32 Å². The molecule has 3 nitrogen and oxygen atoms in total. The zero-order chi connectivity index (χ0) is 17.5. The number of hydrogen-bond donors (Lipinski definition) is 0. The quantitative estimate of drug-likeness (QED) is 0.646. The minimum Gasteiger partial charge on any atom is -0.467 e. The Morgan fingerprint density at radius 3 is 2.36 bits per heavy atom. The number of hydrogen-bond acceptors (Lipinski definition) is 2. The highest BCUT2D eigenvalue weighted by Crippen LogP contribution is 2.11. The molecule has 0 aliphatic carbocycles. The lowest BCUT2D eigenvalue weighted by atomic mass is 10.1. The van der Waals surface area contributed by atoms with E-state index < -0.39 is 0 Å². The molecule has 3 aromatic rings. The fourth-order valence-electron chi connectivity index (χ4n) is 2.68.